The molecule has 20 heavy (non-hydrogen) atoms. The highest BCUT2D eigenvalue weighted by Gasteiger charge is 2.32. The van der Waals surface area contributed by atoms with Crippen molar-refractivity contribution in [3.63, 3.8) is 0 Å². The first-order valence-electron chi connectivity index (χ1n) is 8.17. The van der Waals surface area contributed by atoms with E-state index in [0.717, 1.165) is 38.3 Å². The zero-order chi connectivity index (χ0) is 14.0. The van der Waals surface area contributed by atoms with E-state index in [1.807, 2.05) is 0 Å². The molecule has 0 radical (unpaired) electrons. The second-order valence-electron chi connectivity index (χ2n) is 7.05. The summed E-state index contributed by atoms with van der Waals surface area (Å²) in [5.74, 6) is 1.48. The van der Waals surface area contributed by atoms with Crippen LogP contribution in [0.1, 0.15) is 62.5 Å². The molecule has 0 saturated heterocycles. The Morgan fingerprint density at radius 3 is 2.90 bits per heavy atom. The molecule has 2 aliphatic carbocycles. The van der Waals surface area contributed by atoms with Crippen LogP contribution in [0.4, 0.5) is 0 Å². The van der Waals surface area contributed by atoms with Crippen molar-refractivity contribution in [1.82, 2.24) is 5.32 Å². The van der Waals surface area contributed by atoms with Crippen molar-refractivity contribution in [3.05, 3.63) is 35.4 Å². The molecule has 2 nitrogen and oxygen atoms in total. The molecule has 3 rings (SSSR count). The second-order valence-corrected chi connectivity index (χ2v) is 7.05. The lowest BCUT2D eigenvalue weighted by molar-refractivity contribution is -0.0119. The monoisotopic (exact) mass is 273 g/mol. The largest absolute Gasteiger partial charge is 0.389 e. The standard InChI is InChI=1S/C18H27NO/c1-14-4-3-9-18(20,11-14)13-19-12-15-5-2-6-17(10-15)16-7-8-16/h2,5-6,10,14,16,19-20H,3-4,7-9,11-13H2,1H3. The molecular weight excluding hydrogens is 246 g/mol. The van der Waals surface area contributed by atoms with E-state index in [9.17, 15) is 5.11 Å². The molecule has 0 aromatic heterocycles. The number of aliphatic hydroxyl groups is 1. The summed E-state index contributed by atoms with van der Waals surface area (Å²) in [5.41, 5.74) is 2.36. The first-order valence-corrected chi connectivity index (χ1v) is 8.17. The molecule has 110 valence electrons. The number of benzene rings is 1. The van der Waals surface area contributed by atoms with Gasteiger partial charge in [0.05, 0.1) is 5.60 Å². The smallest absolute Gasteiger partial charge is 0.0774 e. The van der Waals surface area contributed by atoms with Crippen molar-refractivity contribution < 1.29 is 5.11 Å². The van der Waals surface area contributed by atoms with E-state index in [0.29, 0.717) is 5.92 Å². The van der Waals surface area contributed by atoms with Crippen molar-refractivity contribution in [1.29, 1.82) is 0 Å². The van der Waals surface area contributed by atoms with Crippen LogP contribution in [0, 0.1) is 5.92 Å². The van der Waals surface area contributed by atoms with Gasteiger partial charge >= 0.3 is 0 Å². The Balaban J connectivity index is 1.50. The fraction of sp³-hybridized carbons (Fsp3) is 0.667. The van der Waals surface area contributed by atoms with Crippen LogP contribution >= 0.6 is 0 Å². The van der Waals surface area contributed by atoms with Gasteiger partial charge in [-0.2, -0.15) is 0 Å². The highest BCUT2D eigenvalue weighted by Crippen LogP contribution is 2.40. The van der Waals surface area contributed by atoms with Gasteiger partial charge in [-0.25, -0.2) is 0 Å². The summed E-state index contributed by atoms with van der Waals surface area (Å²) in [6.07, 6.45) is 7.04. The topological polar surface area (TPSA) is 32.3 Å². The van der Waals surface area contributed by atoms with Gasteiger partial charge in [0.25, 0.3) is 0 Å². The van der Waals surface area contributed by atoms with Crippen molar-refractivity contribution in [2.45, 2.75) is 63.5 Å². The van der Waals surface area contributed by atoms with E-state index in [2.05, 4.69) is 36.5 Å². The van der Waals surface area contributed by atoms with Crippen LogP contribution < -0.4 is 5.32 Å². The van der Waals surface area contributed by atoms with Gasteiger partial charge in [-0.15, -0.1) is 0 Å². The molecule has 2 unspecified atom stereocenters. The molecular formula is C18H27NO. The highest BCUT2D eigenvalue weighted by atomic mass is 16.3. The predicted octanol–water partition coefficient (Wildman–Crippen LogP) is 3.59. The van der Waals surface area contributed by atoms with Gasteiger partial charge in [-0.1, -0.05) is 44.0 Å². The van der Waals surface area contributed by atoms with Crippen LogP contribution in [0.15, 0.2) is 24.3 Å². The van der Waals surface area contributed by atoms with Crippen LogP contribution in [-0.2, 0) is 6.54 Å². The summed E-state index contributed by atoms with van der Waals surface area (Å²) >= 11 is 0. The molecule has 0 bridgehead atoms. The lowest BCUT2D eigenvalue weighted by atomic mass is 9.79. The summed E-state index contributed by atoms with van der Waals surface area (Å²) in [5, 5.41) is 14.1. The van der Waals surface area contributed by atoms with Crippen LogP contribution in [0.5, 0.6) is 0 Å². The van der Waals surface area contributed by atoms with Crippen molar-refractivity contribution in [2.24, 2.45) is 5.92 Å². The third-order valence-corrected chi connectivity index (χ3v) is 4.85. The summed E-state index contributed by atoms with van der Waals surface area (Å²) in [6.45, 7) is 3.85. The van der Waals surface area contributed by atoms with Crippen LogP contribution in [0.3, 0.4) is 0 Å². The molecule has 1 aromatic carbocycles. The van der Waals surface area contributed by atoms with Crippen molar-refractivity contribution >= 4 is 0 Å². The molecule has 0 amide bonds. The van der Waals surface area contributed by atoms with E-state index in [-0.39, 0.29) is 0 Å². The van der Waals surface area contributed by atoms with Crippen LogP contribution in [-0.4, -0.2) is 17.3 Å². The van der Waals surface area contributed by atoms with Crippen molar-refractivity contribution in [2.75, 3.05) is 6.54 Å². The Labute approximate surface area is 122 Å². The minimum Gasteiger partial charge on any atom is -0.389 e. The molecule has 2 aliphatic rings. The molecule has 2 N–H and O–H groups in total. The molecule has 2 fully saturated rings. The van der Waals surface area contributed by atoms with Gasteiger partial charge in [0.15, 0.2) is 0 Å². The van der Waals surface area contributed by atoms with E-state index < -0.39 is 5.60 Å². The zero-order valence-electron chi connectivity index (χ0n) is 12.6. The molecule has 2 saturated carbocycles. The fourth-order valence-corrected chi connectivity index (χ4v) is 3.61. The molecule has 0 spiro atoms. The molecule has 0 heterocycles. The third-order valence-electron chi connectivity index (χ3n) is 4.85. The van der Waals surface area contributed by atoms with Gasteiger partial charge in [0, 0.05) is 13.1 Å². The lowest BCUT2D eigenvalue weighted by Gasteiger charge is -2.35. The second kappa shape index (κ2) is 5.87. The lowest BCUT2D eigenvalue weighted by Crippen LogP contribution is -2.43. The number of hydrogen-bond acceptors (Lipinski definition) is 2. The number of hydrogen-bond donors (Lipinski definition) is 2. The van der Waals surface area contributed by atoms with Gasteiger partial charge in [-0.3, -0.25) is 0 Å². The maximum atomic E-state index is 10.6. The maximum absolute atomic E-state index is 10.6. The SMILES string of the molecule is CC1CCCC(O)(CNCc2cccc(C3CC3)c2)C1. The summed E-state index contributed by atoms with van der Waals surface area (Å²) in [7, 11) is 0. The fourth-order valence-electron chi connectivity index (χ4n) is 3.61. The van der Waals surface area contributed by atoms with E-state index in [1.54, 1.807) is 0 Å². The van der Waals surface area contributed by atoms with Crippen LogP contribution in [0.25, 0.3) is 0 Å². The average Bonchev–Trinajstić information content (AvgIpc) is 3.23. The minimum absolute atomic E-state index is 0.480. The Bertz CT molecular complexity index is 454. The van der Waals surface area contributed by atoms with Gasteiger partial charge in [0.2, 0.25) is 0 Å². The Kier molecular flexibility index (Phi) is 4.13. The Morgan fingerprint density at radius 2 is 2.15 bits per heavy atom. The highest BCUT2D eigenvalue weighted by molar-refractivity contribution is 5.29. The number of rotatable bonds is 5. The zero-order valence-corrected chi connectivity index (χ0v) is 12.6. The van der Waals surface area contributed by atoms with E-state index in [1.165, 1.54) is 30.4 Å². The van der Waals surface area contributed by atoms with Crippen molar-refractivity contribution in [3.8, 4) is 0 Å². The van der Waals surface area contributed by atoms with E-state index in [4.69, 9.17) is 0 Å². The quantitative estimate of drug-likeness (QED) is 0.859. The normalized spacial score (nSPS) is 30.4. The van der Waals surface area contributed by atoms with E-state index >= 15 is 0 Å². The Morgan fingerprint density at radius 1 is 1.30 bits per heavy atom. The average molecular weight is 273 g/mol. The predicted molar refractivity (Wildman–Crippen MR) is 82.7 cm³/mol. The molecule has 2 atom stereocenters. The first-order chi connectivity index (χ1) is 9.65. The molecule has 2 heteroatoms. The van der Waals surface area contributed by atoms with Gasteiger partial charge in [0.1, 0.15) is 0 Å². The summed E-state index contributed by atoms with van der Waals surface area (Å²) < 4.78 is 0. The minimum atomic E-state index is -0.480. The molecule has 1 aromatic rings. The van der Waals surface area contributed by atoms with Crippen LogP contribution in [0.2, 0.25) is 0 Å². The Hall–Kier alpha value is -0.860. The third kappa shape index (κ3) is 3.62. The van der Waals surface area contributed by atoms with Gasteiger partial charge in [-0.05, 0) is 48.6 Å². The summed E-state index contributed by atoms with van der Waals surface area (Å²) in [4.78, 5) is 0. The summed E-state index contributed by atoms with van der Waals surface area (Å²) in [6, 6.07) is 8.93. The first kappa shape index (κ1) is 14.1. The maximum Gasteiger partial charge on any atom is 0.0774 e. The van der Waals surface area contributed by atoms with Gasteiger partial charge < -0.3 is 10.4 Å². The molecule has 0 aliphatic heterocycles. The number of nitrogens with one attached hydrogen (secondary N) is 1.